The highest BCUT2D eigenvalue weighted by Crippen LogP contribution is 2.35. The van der Waals surface area contributed by atoms with E-state index in [4.69, 9.17) is 20.3 Å². The molecule has 35 heavy (non-hydrogen) atoms. The maximum absolute atomic E-state index is 12.9. The number of carbonyl (C=O) groups excluding carboxylic acids is 2. The lowest BCUT2D eigenvalue weighted by Crippen LogP contribution is -2.46. The third kappa shape index (κ3) is 5.94. The van der Waals surface area contributed by atoms with Crippen LogP contribution in [0.2, 0.25) is 0 Å². The van der Waals surface area contributed by atoms with Crippen LogP contribution >= 0.6 is 0 Å². The van der Waals surface area contributed by atoms with Crippen LogP contribution in [0.5, 0.6) is 11.5 Å². The summed E-state index contributed by atoms with van der Waals surface area (Å²) in [6, 6.07) is 10.7. The molecule has 2 aromatic rings. The van der Waals surface area contributed by atoms with Crippen molar-refractivity contribution in [1.82, 2.24) is 5.01 Å². The first-order valence-electron chi connectivity index (χ1n) is 11.3. The fourth-order valence-electron chi connectivity index (χ4n) is 4.04. The van der Waals surface area contributed by atoms with E-state index in [1.807, 2.05) is 6.92 Å². The molecule has 1 aliphatic heterocycles. The molecule has 0 spiro atoms. The largest absolute Gasteiger partial charge is 0.493 e. The van der Waals surface area contributed by atoms with Crippen molar-refractivity contribution in [3.05, 3.63) is 59.2 Å². The molecule has 0 saturated carbocycles. The standard InChI is InChI=1S/C25H29F2N3O5/c1-4-15-12-19(14-31)30(23(28)16-6-8-17(9-7-16)24(32)34-5-2)29-22(15)18-10-11-20(33-3)21(13-18)35-25(26)27/h6-11,13-15,19,23,25H,4-5,12,28H2,1-3H3. The molecule has 0 saturated heterocycles. The number of rotatable bonds is 10. The van der Waals surface area contributed by atoms with Crippen molar-refractivity contribution in [2.45, 2.75) is 45.5 Å². The van der Waals surface area contributed by atoms with E-state index in [0.717, 1.165) is 6.29 Å². The number of alkyl halides is 2. The Bertz CT molecular complexity index is 1060. The predicted octanol–water partition coefficient (Wildman–Crippen LogP) is 4.13. The van der Waals surface area contributed by atoms with Crippen molar-refractivity contribution < 1.29 is 32.6 Å². The molecule has 3 rings (SSSR count). The van der Waals surface area contributed by atoms with E-state index in [2.05, 4.69) is 4.74 Å². The quantitative estimate of drug-likeness (QED) is 0.395. The van der Waals surface area contributed by atoms with Gasteiger partial charge >= 0.3 is 12.6 Å². The Balaban J connectivity index is 1.98. The second kappa shape index (κ2) is 11.7. The van der Waals surface area contributed by atoms with Gasteiger partial charge in [-0.2, -0.15) is 13.9 Å². The van der Waals surface area contributed by atoms with Gasteiger partial charge in [0.1, 0.15) is 18.5 Å². The molecule has 8 nitrogen and oxygen atoms in total. The Labute approximate surface area is 202 Å². The lowest BCUT2D eigenvalue weighted by molar-refractivity contribution is -0.114. The highest BCUT2D eigenvalue weighted by molar-refractivity contribution is 6.03. The number of hydrazone groups is 1. The van der Waals surface area contributed by atoms with Gasteiger partial charge in [0.2, 0.25) is 0 Å². The summed E-state index contributed by atoms with van der Waals surface area (Å²) in [5.41, 5.74) is 8.68. The van der Waals surface area contributed by atoms with Gasteiger partial charge in [-0.25, -0.2) is 4.79 Å². The number of nitrogens with two attached hydrogens (primary N) is 1. The van der Waals surface area contributed by atoms with Crippen molar-refractivity contribution in [3.8, 4) is 11.5 Å². The minimum Gasteiger partial charge on any atom is -0.493 e. The van der Waals surface area contributed by atoms with Crippen LogP contribution in [0.25, 0.3) is 0 Å². The van der Waals surface area contributed by atoms with E-state index >= 15 is 0 Å². The van der Waals surface area contributed by atoms with Crippen LogP contribution in [0.15, 0.2) is 47.6 Å². The Morgan fingerprint density at radius 2 is 1.91 bits per heavy atom. The minimum atomic E-state index is -3.02. The van der Waals surface area contributed by atoms with Gasteiger partial charge in [0, 0.05) is 11.5 Å². The first-order chi connectivity index (χ1) is 16.8. The molecule has 3 unspecified atom stereocenters. The van der Waals surface area contributed by atoms with E-state index in [1.54, 1.807) is 37.3 Å². The lowest BCUT2D eigenvalue weighted by atomic mass is 9.87. The molecule has 0 bridgehead atoms. The number of esters is 1. The second-order valence-electron chi connectivity index (χ2n) is 7.94. The first kappa shape index (κ1) is 26.1. The third-order valence-electron chi connectivity index (χ3n) is 5.85. The van der Waals surface area contributed by atoms with Crippen LogP contribution in [-0.2, 0) is 9.53 Å². The average molecular weight is 490 g/mol. The van der Waals surface area contributed by atoms with Gasteiger partial charge in [-0.15, -0.1) is 0 Å². The Morgan fingerprint density at radius 3 is 2.49 bits per heavy atom. The number of methoxy groups -OCH3 is 1. The fourth-order valence-corrected chi connectivity index (χ4v) is 4.04. The van der Waals surface area contributed by atoms with E-state index in [-0.39, 0.29) is 24.0 Å². The summed E-state index contributed by atoms with van der Waals surface area (Å²) in [7, 11) is 1.36. The summed E-state index contributed by atoms with van der Waals surface area (Å²) in [6.45, 7) is 0.936. The van der Waals surface area contributed by atoms with E-state index < -0.39 is 24.8 Å². The number of benzene rings is 2. The number of carbonyl (C=O) groups is 2. The zero-order valence-corrected chi connectivity index (χ0v) is 19.8. The molecule has 10 heteroatoms. The fraction of sp³-hybridized carbons (Fsp3) is 0.400. The van der Waals surface area contributed by atoms with E-state index in [9.17, 15) is 18.4 Å². The van der Waals surface area contributed by atoms with Crippen LogP contribution in [-0.4, -0.2) is 49.3 Å². The number of nitrogens with zero attached hydrogens (tertiary/aromatic N) is 2. The van der Waals surface area contributed by atoms with Crippen LogP contribution in [0, 0.1) is 5.92 Å². The molecule has 2 aromatic carbocycles. The van der Waals surface area contributed by atoms with Gasteiger partial charge in [0.15, 0.2) is 11.5 Å². The minimum absolute atomic E-state index is 0.104. The molecular weight excluding hydrogens is 460 g/mol. The lowest BCUT2D eigenvalue weighted by Gasteiger charge is -2.38. The normalized spacial score (nSPS) is 18.6. The predicted molar refractivity (Wildman–Crippen MR) is 126 cm³/mol. The molecule has 3 atom stereocenters. The molecule has 0 amide bonds. The molecule has 0 aliphatic carbocycles. The van der Waals surface area contributed by atoms with Crippen molar-refractivity contribution in [2.75, 3.05) is 13.7 Å². The summed E-state index contributed by atoms with van der Waals surface area (Å²) in [6.07, 6.45) is 1.14. The maximum atomic E-state index is 12.9. The number of ether oxygens (including phenoxy) is 3. The van der Waals surface area contributed by atoms with Crippen molar-refractivity contribution in [3.63, 3.8) is 0 Å². The monoisotopic (exact) mass is 489 g/mol. The van der Waals surface area contributed by atoms with Gasteiger partial charge in [-0.3, -0.25) is 5.01 Å². The summed E-state index contributed by atoms with van der Waals surface area (Å²) in [4.78, 5) is 23.9. The van der Waals surface area contributed by atoms with E-state index in [0.29, 0.717) is 35.2 Å². The number of halogens is 2. The molecule has 0 radical (unpaired) electrons. The number of hydrogen-bond acceptors (Lipinski definition) is 8. The van der Waals surface area contributed by atoms with Crippen molar-refractivity contribution in [2.24, 2.45) is 16.8 Å². The highest BCUT2D eigenvalue weighted by atomic mass is 19.3. The molecule has 0 fully saturated rings. The average Bonchev–Trinajstić information content (AvgIpc) is 2.87. The van der Waals surface area contributed by atoms with Crippen LogP contribution < -0.4 is 15.2 Å². The maximum Gasteiger partial charge on any atom is 0.387 e. The third-order valence-corrected chi connectivity index (χ3v) is 5.85. The Kier molecular flexibility index (Phi) is 8.75. The Morgan fingerprint density at radius 1 is 1.20 bits per heavy atom. The molecule has 0 aromatic heterocycles. The number of hydrogen-bond donors (Lipinski definition) is 1. The Hall–Kier alpha value is -3.53. The van der Waals surface area contributed by atoms with Crippen molar-refractivity contribution in [1.29, 1.82) is 0 Å². The van der Waals surface area contributed by atoms with Gasteiger partial charge in [0.05, 0.1) is 25.0 Å². The molecule has 1 heterocycles. The molecule has 2 N–H and O–H groups in total. The van der Waals surface area contributed by atoms with Gasteiger partial charge in [-0.1, -0.05) is 19.1 Å². The highest BCUT2D eigenvalue weighted by Gasteiger charge is 2.34. The topological polar surface area (TPSA) is 103 Å². The summed E-state index contributed by atoms with van der Waals surface area (Å²) in [5, 5.41) is 6.22. The summed E-state index contributed by atoms with van der Waals surface area (Å²) < 4.78 is 40.6. The van der Waals surface area contributed by atoms with Gasteiger partial charge in [-0.05, 0) is 55.7 Å². The molecular formula is C25H29F2N3O5. The van der Waals surface area contributed by atoms with E-state index in [1.165, 1.54) is 24.3 Å². The van der Waals surface area contributed by atoms with Crippen LogP contribution in [0.4, 0.5) is 8.78 Å². The van der Waals surface area contributed by atoms with Gasteiger partial charge in [0.25, 0.3) is 0 Å². The van der Waals surface area contributed by atoms with Gasteiger partial charge < -0.3 is 24.7 Å². The van der Waals surface area contributed by atoms with Crippen LogP contribution in [0.3, 0.4) is 0 Å². The zero-order valence-electron chi connectivity index (χ0n) is 19.8. The number of aldehydes is 1. The second-order valence-corrected chi connectivity index (χ2v) is 7.94. The molecule has 1 aliphatic rings. The summed E-state index contributed by atoms with van der Waals surface area (Å²) in [5.74, 6) is -0.489. The first-order valence-corrected chi connectivity index (χ1v) is 11.3. The smallest absolute Gasteiger partial charge is 0.387 e. The SMILES string of the molecule is CCOC(=O)c1ccc(C(N)N2N=C(c3ccc(OC)c(OC(F)F)c3)C(CC)CC2C=O)cc1. The van der Waals surface area contributed by atoms with Crippen molar-refractivity contribution >= 4 is 18.0 Å². The molecule has 188 valence electrons. The summed E-state index contributed by atoms with van der Waals surface area (Å²) >= 11 is 0. The zero-order chi connectivity index (χ0) is 25.5. The van der Waals surface area contributed by atoms with Crippen LogP contribution in [0.1, 0.15) is 54.3 Å².